The van der Waals surface area contributed by atoms with Crippen molar-refractivity contribution in [3.05, 3.63) is 0 Å². The van der Waals surface area contributed by atoms with Crippen LogP contribution in [0.25, 0.3) is 0 Å². The van der Waals surface area contributed by atoms with Gasteiger partial charge in [-0.3, -0.25) is 4.79 Å². The van der Waals surface area contributed by atoms with Gasteiger partial charge < -0.3 is 15.4 Å². The number of rotatable bonds is 7. The second-order valence-corrected chi connectivity index (χ2v) is 3.41. The smallest absolute Gasteiger partial charge is 0.372 e. The SMILES string of the molecule is CNC(C)CNC(=O)CCOCC(F)(F)F. The molecule has 2 N–H and O–H groups in total. The fraction of sp³-hybridized carbons (Fsp3) is 0.889. The van der Waals surface area contributed by atoms with E-state index < -0.39 is 12.8 Å². The van der Waals surface area contributed by atoms with Crippen LogP contribution in [0, 0.1) is 0 Å². The summed E-state index contributed by atoms with van der Waals surface area (Å²) in [5, 5.41) is 5.48. The van der Waals surface area contributed by atoms with Gasteiger partial charge in [-0.15, -0.1) is 0 Å². The summed E-state index contributed by atoms with van der Waals surface area (Å²) in [5.41, 5.74) is 0. The number of amides is 1. The van der Waals surface area contributed by atoms with Crippen LogP contribution in [0.4, 0.5) is 13.2 Å². The number of carbonyl (C=O) groups is 1. The van der Waals surface area contributed by atoms with Gasteiger partial charge in [0.2, 0.25) is 5.91 Å². The number of hydrogen-bond donors (Lipinski definition) is 2. The van der Waals surface area contributed by atoms with Gasteiger partial charge in [-0.1, -0.05) is 0 Å². The summed E-state index contributed by atoms with van der Waals surface area (Å²) in [7, 11) is 1.75. The summed E-state index contributed by atoms with van der Waals surface area (Å²) in [6.07, 6.45) is -4.40. The van der Waals surface area contributed by atoms with Crippen molar-refractivity contribution in [3.8, 4) is 0 Å². The zero-order valence-electron chi connectivity index (χ0n) is 9.36. The monoisotopic (exact) mass is 242 g/mol. The van der Waals surface area contributed by atoms with Crippen molar-refractivity contribution in [2.45, 2.75) is 25.6 Å². The Morgan fingerprint density at radius 2 is 2.06 bits per heavy atom. The number of halogens is 3. The first kappa shape index (κ1) is 15.2. The molecule has 0 aromatic carbocycles. The summed E-state index contributed by atoms with van der Waals surface area (Å²) in [6, 6.07) is 0.125. The van der Waals surface area contributed by atoms with E-state index in [0.29, 0.717) is 6.54 Å². The summed E-state index contributed by atoms with van der Waals surface area (Å²) in [4.78, 5) is 11.1. The number of ether oxygens (including phenoxy) is 1. The van der Waals surface area contributed by atoms with Crippen molar-refractivity contribution < 1.29 is 22.7 Å². The number of alkyl halides is 3. The molecule has 0 heterocycles. The molecule has 0 saturated carbocycles. The van der Waals surface area contributed by atoms with E-state index in [2.05, 4.69) is 15.4 Å². The van der Waals surface area contributed by atoms with Crippen LogP contribution in [0.3, 0.4) is 0 Å². The molecule has 0 bridgehead atoms. The first-order chi connectivity index (χ1) is 7.35. The topological polar surface area (TPSA) is 50.4 Å². The highest BCUT2D eigenvalue weighted by atomic mass is 19.4. The second-order valence-electron chi connectivity index (χ2n) is 3.41. The highest BCUT2D eigenvalue weighted by molar-refractivity contribution is 5.75. The second kappa shape index (κ2) is 7.45. The molecule has 0 aliphatic rings. The molecule has 0 aromatic rings. The highest BCUT2D eigenvalue weighted by Gasteiger charge is 2.27. The quantitative estimate of drug-likeness (QED) is 0.645. The van der Waals surface area contributed by atoms with Gasteiger partial charge >= 0.3 is 6.18 Å². The normalized spacial score (nSPS) is 13.6. The van der Waals surface area contributed by atoms with Crippen molar-refractivity contribution in [2.75, 3.05) is 26.8 Å². The Morgan fingerprint density at radius 1 is 1.44 bits per heavy atom. The number of carbonyl (C=O) groups excluding carboxylic acids is 1. The fourth-order valence-electron chi connectivity index (χ4n) is 0.810. The van der Waals surface area contributed by atoms with Crippen LogP contribution >= 0.6 is 0 Å². The fourth-order valence-corrected chi connectivity index (χ4v) is 0.810. The molecule has 0 saturated heterocycles. The molecule has 1 atom stereocenters. The predicted molar refractivity (Wildman–Crippen MR) is 53.0 cm³/mol. The molecule has 1 amide bonds. The van der Waals surface area contributed by atoms with E-state index in [1.165, 1.54) is 0 Å². The molecule has 0 aromatic heterocycles. The van der Waals surface area contributed by atoms with E-state index >= 15 is 0 Å². The van der Waals surface area contributed by atoms with Gasteiger partial charge in [-0.25, -0.2) is 0 Å². The first-order valence-electron chi connectivity index (χ1n) is 4.93. The van der Waals surface area contributed by atoms with Gasteiger partial charge in [-0.05, 0) is 14.0 Å². The minimum absolute atomic E-state index is 0.0630. The summed E-state index contributed by atoms with van der Waals surface area (Å²) < 4.78 is 39.2. The molecule has 0 aliphatic carbocycles. The van der Waals surface area contributed by atoms with Crippen molar-refractivity contribution in [3.63, 3.8) is 0 Å². The molecule has 1 unspecified atom stereocenters. The lowest BCUT2D eigenvalue weighted by atomic mass is 10.3. The van der Waals surface area contributed by atoms with Crippen molar-refractivity contribution in [1.29, 1.82) is 0 Å². The van der Waals surface area contributed by atoms with Crippen molar-refractivity contribution in [2.24, 2.45) is 0 Å². The largest absolute Gasteiger partial charge is 0.411 e. The van der Waals surface area contributed by atoms with Gasteiger partial charge in [-0.2, -0.15) is 13.2 Å². The first-order valence-corrected chi connectivity index (χ1v) is 4.93. The van der Waals surface area contributed by atoms with Gasteiger partial charge in [0.1, 0.15) is 6.61 Å². The van der Waals surface area contributed by atoms with E-state index in [9.17, 15) is 18.0 Å². The number of likely N-dealkylation sites (N-methyl/N-ethyl adjacent to an activating group) is 1. The Hall–Kier alpha value is -0.820. The van der Waals surface area contributed by atoms with E-state index in [-0.39, 0.29) is 25.0 Å². The Bertz CT molecular complexity index is 209. The predicted octanol–water partition coefficient (Wildman–Crippen LogP) is 0.679. The Labute approximate surface area is 92.5 Å². The zero-order valence-corrected chi connectivity index (χ0v) is 9.36. The molecular weight excluding hydrogens is 225 g/mol. The molecule has 7 heteroatoms. The summed E-state index contributed by atoms with van der Waals surface area (Å²) >= 11 is 0. The standard InChI is InChI=1S/C9H17F3N2O2/c1-7(13-2)5-14-8(15)3-4-16-6-9(10,11)12/h7,13H,3-6H2,1-2H3,(H,14,15). The minimum Gasteiger partial charge on any atom is -0.372 e. The summed E-state index contributed by atoms with van der Waals surface area (Å²) in [5.74, 6) is -0.315. The third kappa shape index (κ3) is 9.72. The van der Waals surface area contributed by atoms with Crippen LogP contribution in [0.2, 0.25) is 0 Å². The highest BCUT2D eigenvalue weighted by Crippen LogP contribution is 2.14. The number of hydrogen-bond acceptors (Lipinski definition) is 3. The Morgan fingerprint density at radius 3 is 2.56 bits per heavy atom. The molecule has 16 heavy (non-hydrogen) atoms. The van der Waals surface area contributed by atoms with Gasteiger partial charge in [0.15, 0.2) is 0 Å². The lowest BCUT2D eigenvalue weighted by Crippen LogP contribution is -2.37. The molecule has 0 rings (SSSR count). The lowest BCUT2D eigenvalue weighted by molar-refractivity contribution is -0.174. The maximum Gasteiger partial charge on any atom is 0.411 e. The van der Waals surface area contributed by atoms with E-state index in [0.717, 1.165) is 0 Å². The van der Waals surface area contributed by atoms with Crippen LogP contribution in [0.15, 0.2) is 0 Å². The van der Waals surface area contributed by atoms with E-state index in [1.807, 2.05) is 6.92 Å². The van der Waals surface area contributed by atoms with Crippen LogP contribution in [-0.2, 0) is 9.53 Å². The van der Waals surface area contributed by atoms with Gasteiger partial charge in [0.25, 0.3) is 0 Å². The Balaban J connectivity index is 3.44. The molecular formula is C9H17F3N2O2. The third-order valence-corrected chi connectivity index (χ3v) is 1.84. The maximum atomic E-state index is 11.6. The van der Waals surface area contributed by atoms with Crippen LogP contribution in [0.1, 0.15) is 13.3 Å². The third-order valence-electron chi connectivity index (χ3n) is 1.84. The maximum absolute atomic E-state index is 11.6. The van der Waals surface area contributed by atoms with Crippen LogP contribution < -0.4 is 10.6 Å². The van der Waals surface area contributed by atoms with Gasteiger partial charge in [0.05, 0.1) is 6.61 Å². The van der Waals surface area contributed by atoms with Crippen molar-refractivity contribution in [1.82, 2.24) is 10.6 Å². The van der Waals surface area contributed by atoms with E-state index in [4.69, 9.17) is 0 Å². The molecule has 0 spiro atoms. The minimum atomic E-state index is -4.34. The number of nitrogens with one attached hydrogen (secondary N) is 2. The summed E-state index contributed by atoms with van der Waals surface area (Å²) in [6.45, 7) is 0.779. The molecule has 0 aliphatic heterocycles. The molecule has 0 fully saturated rings. The van der Waals surface area contributed by atoms with Crippen LogP contribution in [0.5, 0.6) is 0 Å². The average Bonchev–Trinajstić information content (AvgIpc) is 2.19. The van der Waals surface area contributed by atoms with Gasteiger partial charge in [0, 0.05) is 19.0 Å². The lowest BCUT2D eigenvalue weighted by Gasteiger charge is -2.11. The Kier molecular flexibility index (Phi) is 7.07. The molecule has 96 valence electrons. The zero-order chi connectivity index (χ0) is 12.6. The van der Waals surface area contributed by atoms with Crippen molar-refractivity contribution >= 4 is 5.91 Å². The van der Waals surface area contributed by atoms with Crippen LogP contribution in [-0.4, -0.2) is 44.9 Å². The molecule has 4 nitrogen and oxygen atoms in total. The molecule has 0 radical (unpaired) electrons. The average molecular weight is 242 g/mol. The van der Waals surface area contributed by atoms with E-state index in [1.54, 1.807) is 7.05 Å².